The molecule has 3 rings (SSSR count). The van der Waals surface area contributed by atoms with Gasteiger partial charge in [0, 0.05) is 38.4 Å². The second kappa shape index (κ2) is 11.9. The lowest BCUT2D eigenvalue weighted by atomic mass is 10.2. The molecular formula is C22H26Cl3N3O4. The van der Waals surface area contributed by atoms with E-state index in [0.717, 1.165) is 31.9 Å². The highest BCUT2D eigenvalue weighted by Gasteiger charge is 2.21. The molecule has 174 valence electrons. The zero-order valence-corrected chi connectivity index (χ0v) is 20.0. The fourth-order valence-electron chi connectivity index (χ4n) is 3.38. The van der Waals surface area contributed by atoms with Gasteiger partial charge in [0.2, 0.25) is 5.91 Å². The third kappa shape index (κ3) is 7.40. The highest BCUT2D eigenvalue weighted by atomic mass is 35.5. The van der Waals surface area contributed by atoms with Crippen molar-refractivity contribution in [2.24, 2.45) is 0 Å². The van der Waals surface area contributed by atoms with E-state index in [4.69, 9.17) is 44.3 Å². The Hall–Kier alpha value is -1.74. The number of nitrogens with zero attached hydrogens (tertiary/aromatic N) is 2. The molecule has 7 nitrogen and oxygen atoms in total. The van der Waals surface area contributed by atoms with E-state index in [9.17, 15) is 9.90 Å². The summed E-state index contributed by atoms with van der Waals surface area (Å²) in [5.74, 6) is 1.29. The quantitative estimate of drug-likeness (QED) is 0.510. The molecule has 1 heterocycles. The number of hydrogen-bond acceptors (Lipinski definition) is 6. The summed E-state index contributed by atoms with van der Waals surface area (Å²) in [6, 6.07) is 10.4. The normalized spacial score (nSPS) is 15.9. The number of β-amino-alcohol motifs (C(OH)–C–C–N with tert-alkyl or cyclic N) is 1. The Labute approximate surface area is 202 Å². The number of rotatable bonds is 9. The topological polar surface area (TPSA) is 74.3 Å². The van der Waals surface area contributed by atoms with Gasteiger partial charge in [-0.1, -0.05) is 34.8 Å². The Balaban J connectivity index is 1.36. The lowest BCUT2D eigenvalue weighted by Gasteiger charge is -2.35. The number of halogens is 3. The van der Waals surface area contributed by atoms with Crippen molar-refractivity contribution in [1.82, 2.24) is 9.80 Å². The number of benzene rings is 2. The number of hydrogen-bond donors (Lipinski definition) is 2. The molecule has 2 N–H and O–H groups in total. The molecule has 0 spiro atoms. The van der Waals surface area contributed by atoms with Gasteiger partial charge in [-0.15, -0.1) is 0 Å². The molecule has 1 unspecified atom stereocenters. The first kappa shape index (κ1) is 24.9. The second-order valence-corrected chi connectivity index (χ2v) is 8.71. The van der Waals surface area contributed by atoms with E-state index in [2.05, 4.69) is 15.1 Å². The number of amides is 1. The SMILES string of the molecule is COc1ccc(OCC(O)CN2CCN(CC(=O)Nc3cc(Cl)c(Cl)c(Cl)c3)CC2)cc1. The number of aliphatic hydroxyl groups excluding tert-OH is 1. The summed E-state index contributed by atoms with van der Waals surface area (Å²) < 4.78 is 10.8. The van der Waals surface area contributed by atoms with Crippen molar-refractivity contribution in [2.45, 2.75) is 6.10 Å². The van der Waals surface area contributed by atoms with Crippen LogP contribution in [-0.2, 0) is 4.79 Å². The van der Waals surface area contributed by atoms with Gasteiger partial charge >= 0.3 is 0 Å². The Morgan fingerprint density at radius 1 is 1.03 bits per heavy atom. The van der Waals surface area contributed by atoms with Crippen LogP contribution in [0.3, 0.4) is 0 Å². The maximum absolute atomic E-state index is 12.4. The maximum atomic E-state index is 12.4. The summed E-state index contributed by atoms with van der Waals surface area (Å²) in [5, 5.41) is 13.9. The second-order valence-electron chi connectivity index (χ2n) is 7.52. The van der Waals surface area contributed by atoms with Gasteiger partial charge in [0.05, 0.1) is 28.7 Å². The molecule has 10 heteroatoms. The van der Waals surface area contributed by atoms with Crippen LogP contribution >= 0.6 is 34.8 Å². The standard InChI is InChI=1S/C22H26Cl3N3O4/c1-31-17-2-4-18(5-3-17)32-14-16(29)12-27-6-8-28(9-7-27)13-21(30)26-15-10-19(23)22(25)20(24)11-15/h2-5,10-11,16,29H,6-9,12-14H2,1H3,(H,26,30). The number of piperazine rings is 1. The van der Waals surface area contributed by atoms with Crippen molar-refractivity contribution in [2.75, 3.05) is 58.3 Å². The molecule has 0 saturated carbocycles. The Morgan fingerprint density at radius 3 is 2.19 bits per heavy atom. The van der Waals surface area contributed by atoms with Crippen LogP contribution in [0.25, 0.3) is 0 Å². The number of nitrogens with one attached hydrogen (secondary N) is 1. The van der Waals surface area contributed by atoms with Crippen molar-refractivity contribution < 1.29 is 19.4 Å². The average Bonchev–Trinajstić information content (AvgIpc) is 2.77. The van der Waals surface area contributed by atoms with Gasteiger partial charge in [-0.2, -0.15) is 0 Å². The lowest BCUT2D eigenvalue weighted by Crippen LogP contribution is -2.50. The lowest BCUT2D eigenvalue weighted by molar-refractivity contribution is -0.117. The molecule has 1 saturated heterocycles. The minimum Gasteiger partial charge on any atom is -0.497 e. The van der Waals surface area contributed by atoms with E-state index in [1.54, 1.807) is 31.4 Å². The van der Waals surface area contributed by atoms with E-state index in [-0.39, 0.29) is 34.1 Å². The fraction of sp³-hybridized carbons (Fsp3) is 0.409. The molecule has 2 aromatic rings. The first-order valence-corrected chi connectivity index (χ1v) is 11.3. The van der Waals surface area contributed by atoms with Crippen LogP contribution in [0.2, 0.25) is 15.1 Å². The van der Waals surface area contributed by atoms with Crippen LogP contribution in [0.5, 0.6) is 11.5 Å². The molecule has 1 aliphatic heterocycles. The van der Waals surface area contributed by atoms with Crippen LogP contribution in [0, 0.1) is 0 Å². The molecule has 0 aliphatic carbocycles. The van der Waals surface area contributed by atoms with Crippen LogP contribution in [0.4, 0.5) is 5.69 Å². The van der Waals surface area contributed by atoms with Gasteiger partial charge in [0.25, 0.3) is 0 Å². The molecular weight excluding hydrogens is 477 g/mol. The summed E-state index contributed by atoms with van der Waals surface area (Å²) in [7, 11) is 1.61. The largest absolute Gasteiger partial charge is 0.497 e. The highest BCUT2D eigenvalue weighted by molar-refractivity contribution is 6.48. The minimum atomic E-state index is -0.605. The van der Waals surface area contributed by atoms with Gasteiger partial charge in [-0.3, -0.25) is 14.6 Å². The van der Waals surface area contributed by atoms with Crippen molar-refractivity contribution in [1.29, 1.82) is 0 Å². The van der Waals surface area contributed by atoms with Crippen LogP contribution in [0.15, 0.2) is 36.4 Å². The number of anilines is 1. The van der Waals surface area contributed by atoms with Gasteiger partial charge in [-0.05, 0) is 36.4 Å². The Morgan fingerprint density at radius 2 is 1.59 bits per heavy atom. The molecule has 1 amide bonds. The summed E-state index contributed by atoms with van der Waals surface area (Å²) >= 11 is 17.9. The van der Waals surface area contributed by atoms with Crippen molar-refractivity contribution >= 4 is 46.4 Å². The van der Waals surface area contributed by atoms with Gasteiger partial charge in [0.1, 0.15) is 24.2 Å². The molecule has 0 aromatic heterocycles. The number of methoxy groups -OCH3 is 1. The predicted octanol–water partition coefficient (Wildman–Crippen LogP) is 3.65. The molecule has 1 fully saturated rings. The molecule has 1 aliphatic rings. The smallest absolute Gasteiger partial charge is 0.238 e. The summed E-state index contributed by atoms with van der Waals surface area (Å²) in [6.45, 7) is 3.94. The Bertz CT molecular complexity index is 883. The first-order valence-electron chi connectivity index (χ1n) is 10.2. The maximum Gasteiger partial charge on any atom is 0.238 e. The van der Waals surface area contributed by atoms with Crippen molar-refractivity contribution in [3.63, 3.8) is 0 Å². The van der Waals surface area contributed by atoms with Crippen LogP contribution in [0.1, 0.15) is 0 Å². The predicted molar refractivity (Wildman–Crippen MR) is 127 cm³/mol. The van der Waals surface area contributed by atoms with Crippen molar-refractivity contribution in [3.8, 4) is 11.5 Å². The molecule has 1 atom stereocenters. The molecule has 0 radical (unpaired) electrons. The number of carbonyl (C=O) groups is 1. The van der Waals surface area contributed by atoms with Gasteiger partial charge < -0.3 is 19.9 Å². The number of ether oxygens (including phenoxy) is 2. The monoisotopic (exact) mass is 501 g/mol. The minimum absolute atomic E-state index is 0.152. The zero-order chi connectivity index (χ0) is 23.1. The summed E-state index contributed by atoms with van der Waals surface area (Å²) in [4.78, 5) is 16.6. The van der Waals surface area contributed by atoms with E-state index in [1.807, 2.05) is 12.1 Å². The molecule has 0 bridgehead atoms. The third-order valence-electron chi connectivity index (χ3n) is 5.07. The highest BCUT2D eigenvalue weighted by Crippen LogP contribution is 2.33. The van der Waals surface area contributed by atoms with Crippen LogP contribution in [-0.4, -0.2) is 79.9 Å². The first-order chi connectivity index (χ1) is 15.3. The third-order valence-corrected chi connectivity index (χ3v) is 6.27. The van der Waals surface area contributed by atoms with E-state index in [1.165, 1.54) is 0 Å². The molecule has 2 aromatic carbocycles. The van der Waals surface area contributed by atoms with Crippen LogP contribution < -0.4 is 14.8 Å². The van der Waals surface area contributed by atoms with Crippen molar-refractivity contribution in [3.05, 3.63) is 51.5 Å². The summed E-state index contributed by atoms with van der Waals surface area (Å²) in [6.07, 6.45) is -0.605. The van der Waals surface area contributed by atoms with E-state index < -0.39 is 6.10 Å². The summed E-state index contributed by atoms with van der Waals surface area (Å²) in [5.41, 5.74) is 0.507. The Kier molecular flexibility index (Phi) is 9.28. The van der Waals surface area contributed by atoms with Gasteiger partial charge in [-0.25, -0.2) is 0 Å². The van der Waals surface area contributed by atoms with Gasteiger partial charge in [0.15, 0.2) is 0 Å². The number of carbonyl (C=O) groups excluding carboxylic acids is 1. The number of aliphatic hydroxyl groups is 1. The van der Waals surface area contributed by atoms with E-state index in [0.29, 0.717) is 18.0 Å². The van der Waals surface area contributed by atoms with E-state index >= 15 is 0 Å². The fourth-order valence-corrected chi connectivity index (χ4v) is 3.97. The average molecular weight is 503 g/mol. The zero-order valence-electron chi connectivity index (χ0n) is 17.7. The molecule has 32 heavy (non-hydrogen) atoms.